The van der Waals surface area contributed by atoms with Crippen molar-refractivity contribution in [3.63, 3.8) is 0 Å². The van der Waals surface area contributed by atoms with Gasteiger partial charge in [0.25, 0.3) is 5.91 Å². The van der Waals surface area contributed by atoms with Crippen molar-refractivity contribution < 1.29 is 14.3 Å². The molecule has 2 rings (SSSR count). The summed E-state index contributed by atoms with van der Waals surface area (Å²) >= 11 is 0. The molecule has 6 nitrogen and oxygen atoms in total. The number of hydrogen-bond acceptors (Lipinski definition) is 4. The Kier molecular flexibility index (Phi) is 8.72. The molecule has 1 heterocycles. The number of carbonyl (C=O) groups is 2. The lowest BCUT2D eigenvalue weighted by atomic mass is 10.0. The fourth-order valence-corrected chi connectivity index (χ4v) is 2.80. The Morgan fingerprint density at radius 1 is 1.28 bits per heavy atom. The van der Waals surface area contributed by atoms with Gasteiger partial charge in [0.15, 0.2) is 6.61 Å². The van der Waals surface area contributed by atoms with Gasteiger partial charge in [-0.3, -0.25) is 9.59 Å². The Bertz CT molecular complexity index is 574. The molecule has 0 radical (unpaired) electrons. The molecule has 0 aliphatic carbocycles. The fraction of sp³-hybridized carbons (Fsp3) is 0.556. The van der Waals surface area contributed by atoms with E-state index in [0.29, 0.717) is 12.2 Å². The van der Waals surface area contributed by atoms with Gasteiger partial charge in [0, 0.05) is 18.7 Å². The van der Waals surface area contributed by atoms with Gasteiger partial charge in [-0.15, -0.1) is 12.4 Å². The molecule has 1 aliphatic heterocycles. The summed E-state index contributed by atoms with van der Waals surface area (Å²) in [6.45, 7) is 5.28. The lowest BCUT2D eigenvalue weighted by Gasteiger charge is -2.22. The highest BCUT2D eigenvalue weighted by molar-refractivity contribution is 5.85. The quantitative estimate of drug-likeness (QED) is 0.770. The smallest absolute Gasteiger partial charge is 0.260 e. The van der Waals surface area contributed by atoms with Crippen LogP contribution in [0.5, 0.6) is 5.75 Å². The van der Waals surface area contributed by atoms with Crippen LogP contribution in [0.15, 0.2) is 24.3 Å². The standard InChI is InChI=1S/C18H27N3O3.ClH/c1-3-15(20-18(23)13(2)19)14-8-4-5-9-16(14)24-12-17(22)21-10-6-7-11-21;/h4-5,8-9,13,15H,3,6-7,10-12,19H2,1-2H3,(H,20,23);1H/t13-,15?;/m1./s1. The normalized spacial score (nSPS) is 15.9. The predicted molar refractivity (Wildman–Crippen MR) is 99.8 cm³/mol. The number of halogens is 1. The van der Waals surface area contributed by atoms with Gasteiger partial charge in [0.2, 0.25) is 5.91 Å². The monoisotopic (exact) mass is 369 g/mol. The van der Waals surface area contributed by atoms with Crippen LogP contribution in [0.3, 0.4) is 0 Å². The van der Waals surface area contributed by atoms with E-state index in [4.69, 9.17) is 10.5 Å². The number of hydrogen-bond donors (Lipinski definition) is 2. The van der Waals surface area contributed by atoms with E-state index in [-0.39, 0.29) is 36.9 Å². The van der Waals surface area contributed by atoms with Crippen molar-refractivity contribution in [2.45, 2.75) is 45.2 Å². The molecule has 0 saturated carbocycles. The number of nitrogens with one attached hydrogen (secondary N) is 1. The summed E-state index contributed by atoms with van der Waals surface area (Å²) in [7, 11) is 0. The molecule has 7 heteroatoms. The van der Waals surface area contributed by atoms with Crippen LogP contribution in [0.2, 0.25) is 0 Å². The molecule has 1 unspecified atom stereocenters. The summed E-state index contributed by atoms with van der Waals surface area (Å²) in [5.41, 5.74) is 6.49. The number of carbonyl (C=O) groups excluding carboxylic acids is 2. The molecule has 1 saturated heterocycles. The van der Waals surface area contributed by atoms with E-state index >= 15 is 0 Å². The number of rotatable bonds is 7. The van der Waals surface area contributed by atoms with Crippen molar-refractivity contribution in [3.8, 4) is 5.75 Å². The van der Waals surface area contributed by atoms with E-state index in [1.807, 2.05) is 36.1 Å². The van der Waals surface area contributed by atoms with Gasteiger partial charge in [-0.25, -0.2) is 0 Å². The Hall–Kier alpha value is -1.79. The first-order valence-corrected chi connectivity index (χ1v) is 8.58. The van der Waals surface area contributed by atoms with Crippen molar-refractivity contribution in [2.24, 2.45) is 5.73 Å². The zero-order chi connectivity index (χ0) is 17.5. The molecule has 2 atom stereocenters. The highest BCUT2D eigenvalue weighted by Gasteiger charge is 2.21. The van der Waals surface area contributed by atoms with E-state index in [1.165, 1.54) is 0 Å². The third-order valence-corrected chi connectivity index (χ3v) is 4.24. The summed E-state index contributed by atoms with van der Waals surface area (Å²) in [4.78, 5) is 25.9. The summed E-state index contributed by atoms with van der Waals surface area (Å²) in [5.74, 6) is 0.432. The average molecular weight is 370 g/mol. The van der Waals surface area contributed by atoms with Gasteiger partial charge >= 0.3 is 0 Å². The number of nitrogens with zero attached hydrogens (tertiary/aromatic N) is 1. The molecule has 0 spiro atoms. The highest BCUT2D eigenvalue weighted by atomic mass is 35.5. The molecule has 2 amide bonds. The summed E-state index contributed by atoms with van der Waals surface area (Å²) in [6.07, 6.45) is 2.83. The minimum Gasteiger partial charge on any atom is -0.483 e. The first-order valence-electron chi connectivity index (χ1n) is 8.58. The van der Waals surface area contributed by atoms with Crippen molar-refractivity contribution in [2.75, 3.05) is 19.7 Å². The van der Waals surface area contributed by atoms with Crippen molar-refractivity contribution in [1.82, 2.24) is 10.2 Å². The molecule has 3 N–H and O–H groups in total. The van der Waals surface area contributed by atoms with Crippen LogP contribution in [0, 0.1) is 0 Å². The van der Waals surface area contributed by atoms with Gasteiger partial charge < -0.3 is 20.7 Å². The van der Waals surface area contributed by atoms with Crippen LogP contribution >= 0.6 is 12.4 Å². The first-order chi connectivity index (χ1) is 11.5. The number of nitrogens with two attached hydrogens (primary N) is 1. The predicted octanol–water partition coefficient (Wildman–Crippen LogP) is 2.02. The van der Waals surface area contributed by atoms with Crippen LogP contribution in [0.25, 0.3) is 0 Å². The van der Waals surface area contributed by atoms with Gasteiger partial charge in [0.1, 0.15) is 5.75 Å². The fourth-order valence-electron chi connectivity index (χ4n) is 2.80. The van der Waals surface area contributed by atoms with Crippen molar-refractivity contribution in [3.05, 3.63) is 29.8 Å². The van der Waals surface area contributed by atoms with E-state index in [0.717, 1.165) is 31.5 Å². The van der Waals surface area contributed by atoms with Crippen LogP contribution in [0.1, 0.15) is 44.7 Å². The van der Waals surface area contributed by atoms with E-state index in [9.17, 15) is 9.59 Å². The molecule has 1 aromatic carbocycles. The number of ether oxygens (including phenoxy) is 1. The van der Waals surface area contributed by atoms with E-state index in [2.05, 4.69) is 5.32 Å². The maximum atomic E-state index is 12.2. The summed E-state index contributed by atoms with van der Waals surface area (Å²) in [6, 6.07) is 6.73. The number of likely N-dealkylation sites (tertiary alicyclic amines) is 1. The third-order valence-electron chi connectivity index (χ3n) is 4.24. The van der Waals surface area contributed by atoms with Crippen LogP contribution in [0.4, 0.5) is 0 Å². The molecule has 0 bridgehead atoms. The molecular weight excluding hydrogens is 342 g/mol. The third kappa shape index (κ3) is 5.90. The molecule has 0 aromatic heterocycles. The number of para-hydroxylation sites is 1. The molecular formula is C18H28ClN3O3. The highest BCUT2D eigenvalue weighted by Crippen LogP contribution is 2.27. The van der Waals surface area contributed by atoms with Crippen LogP contribution in [-0.2, 0) is 9.59 Å². The van der Waals surface area contributed by atoms with E-state index < -0.39 is 6.04 Å². The largest absolute Gasteiger partial charge is 0.483 e. The van der Waals surface area contributed by atoms with Crippen LogP contribution < -0.4 is 15.8 Å². The number of amides is 2. The average Bonchev–Trinajstić information content (AvgIpc) is 3.12. The second-order valence-electron chi connectivity index (χ2n) is 6.17. The maximum Gasteiger partial charge on any atom is 0.260 e. The SMILES string of the molecule is CCC(NC(=O)[C@@H](C)N)c1ccccc1OCC(=O)N1CCCC1.Cl. The van der Waals surface area contributed by atoms with Crippen molar-refractivity contribution in [1.29, 1.82) is 0 Å². The zero-order valence-corrected chi connectivity index (χ0v) is 15.7. The molecule has 1 aliphatic rings. The lowest BCUT2D eigenvalue weighted by Crippen LogP contribution is -2.40. The topological polar surface area (TPSA) is 84.7 Å². The van der Waals surface area contributed by atoms with Crippen LogP contribution in [-0.4, -0.2) is 42.5 Å². The van der Waals surface area contributed by atoms with Gasteiger partial charge in [0.05, 0.1) is 12.1 Å². The Balaban J connectivity index is 0.00000312. The van der Waals surface area contributed by atoms with E-state index in [1.54, 1.807) is 6.92 Å². The zero-order valence-electron chi connectivity index (χ0n) is 14.9. The lowest BCUT2D eigenvalue weighted by molar-refractivity contribution is -0.132. The minimum atomic E-state index is -0.566. The van der Waals surface area contributed by atoms with Gasteiger partial charge in [-0.1, -0.05) is 25.1 Å². The molecule has 1 fully saturated rings. The number of benzene rings is 1. The molecule has 25 heavy (non-hydrogen) atoms. The second kappa shape index (κ2) is 10.3. The van der Waals surface area contributed by atoms with Gasteiger partial charge in [-0.2, -0.15) is 0 Å². The molecule has 140 valence electrons. The van der Waals surface area contributed by atoms with Gasteiger partial charge in [-0.05, 0) is 32.3 Å². The summed E-state index contributed by atoms with van der Waals surface area (Å²) < 4.78 is 5.76. The Labute approximate surface area is 155 Å². The maximum absolute atomic E-state index is 12.2. The summed E-state index contributed by atoms with van der Waals surface area (Å²) in [5, 5.41) is 2.93. The molecule has 1 aromatic rings. The Morgan fingerprint density at radius 2 is 1.92 bits per heavy atom. The first kappa shape index (κ1) is 21.3. The second-order valence-corrected chi connectivity index (χ2v) is 6.17. The van der Waals surface area contributed by atoms with Crippen molar-refractivity contribution >= 4 is 24.2 Å². The Morgan fingerprint density at radius 3 is 2.52 bits per heavy atom. The minimum absolute atomic E-state index is 0.